The zero-order valence-corrected chi connectivity index (χ0v) is 8.93. The van der Waals surface area contributed by atoms with Crippen LogP contribution in [0.2, 0.25) is 0 Å². The van der Waals surface area contributed by atoms with Crippen LogP contribution in [0.4, 0.5) is 6.01 Å². The first-order valence-corrected chi connectivity index (χ1v) is 4.54. The van der Waals surface area contributed by atoms with E-state index in [-0.39, 0.29) is 6.01 Å². The molecule has 0 saturated carbocycles. The van der Waals surface area contributed by atoms with Crippen molar-refractivity contribution in [1.29, 1.82) is 0 Å². The van der Waals surface area contributed by atoms with Gasteiger partial charge in [-0.15, -0.1) is 0 Å². The zero-order valence-electron chi connectivity index (χ0n) is 8.93. The topological polar surface area (TPSA) is 83.4 Å². The molecular formula is C10H11N3O3. The van der Waals surface area contributed by atoms with Crippen LogP contribution in [0.15, 0.2) is 23.0 Å². The number of nitrogens with two attached hydrogens (primary N) is 1. The van der Waals surface area contributed by atoms with Crippen LogP contribution >= 0.6 is 0 Å². The SMILES string of the molecule is COc1cncc(OC)c1-c1cnc(N)o1. The van der Waals surface area contributed by atoms with Crippen molar-refractivity contribution in [3.05, 3.63) is 18.6 Å². The van der Waals surface area contributed by atoms with Gasteiger partial charge in [-0.1, -0.05) is 0 Å². The van der Waals surface area contributed by atoms with Gasteiger partial charge in [0.25, 0.3) is 6.01 Å². The quantitative estimate of drug-likeness (QED) is 0.841. The summed E-state index contributed by atoms with van der Waals surface area (Å²) in [6.45, 7) is 0. The van der Waals surface area contributed by atoms with Gasteiger partial charge >= 0.3 is 0 Å². The number of aromatic nitrogens is 2. The predicted molar refractivity (Wildman–Crippen MR) is 57.3 cm³/mol. The molecule has 2 aromatic rings. The van der Waals surface area contributed by atoms with Crippen LogP contribution in [0, 0.1) is 0 Å². The predicted octanol–water partition coefficient (Wildman–Crippen LogP) is 1.34. The summed E-state index contributed by atoms with van der Waals surface area (Å²) >= 11 is 0. The average molecular weight is 221 g/mol. The second kappa shape index (κ2) is 4.09. The summed E-state index contributed by atoms with van der Waals surface area (Å²) < 4.78 is 15.6. The Kier molecular flexibility index (Phi) is 2.63. The number of hydrogen-bond acceptors (Lipinski definition) is 6. The van der Waals surface area contributed by atoms with E-state index in [4.69, 9.17) is 19.6 Å². The second-order valence-corrected chi connectivity index (χ2v) is 2.98. The summed E-state index contributed by atoms with van der Waals surface area (Å²) in [7, 11) is 3.08. The summed E-state index contributed by atoms with van der Waals surface area (Å²) in [5.41, 5.74) is 6.07. The van der Waals surface area contributed by atoms with Crippen LogP contribution in [0.1, 0.15) is 0 Å². The van der Waals surface area contributed by atoms with Crippen molar-refractivity contribution < 1.29 is 13.9 Å². The molecule has 16 heavy (non-hydrogen) atoms. The lowest BCUT2D eigenvalue weighted by molar-refractivity contribution is 0.391. The van der Waals surface area contributed by atoms with E-state index < -0.39 is 0 Å². The van der Waals surface area contributed by atoms with Crippen molar-refractivity contribution in [3.8, 4) is 22.8 Å². The van der Waals surface area contributed by atoms with Crippen LogP contribution in [0.25, 0.3) is 11.3 Å². The normalized spacial score (nSPS) is 10.1. The zero-order chi connectivity index (χ0) is 11.5. The first-order chi connectivity index (χ1) is 7.76. The summed E-state index contributed by atoms with van der Waals surface area (Å²) in [4.78, 5) is 7.80. The summed E-state index contributed by atoms with van der Waals surface area (Å²) in [6, 6.07) is 0.0934. The highest BCUT2D eigenvalue weighted by atomic mass is 16.5. The van der Waals surface area contributed by atoms with Crippen molar-refractivity contribution in [1.82, 2.24) is 9.97 Å². The fourth-order valence-electron chi connectivity index (χ4n) is 1.38. The average Bonchev–Trinajstić information content (AvgIpc) is 2.74. The number of methoxy groups -OCH3 is 2. The lowest BCUT2D eigenvalue weighted by Crippen LogP contribution is -1.93. The van der Waals surface area contributed by atoms with Gasteiger partial charge in [0, 0.05) is 0 Å². The molecule has 0 fully saturated rings. The third-order valence-corrected chi connectivity index (χ3v) is 2.09. The van der Waals surface area contributed by atoms with E-state index >= 15 is 0 Å². The van der Waals surface area contributed by atoms with Crippen LogP contribution in [-0.4, -0.2) is 24.2 Å². The number of nitrogen functional groups attached to an aromatic ring is 1. The van der Waals surface area contributed by atoms with Crippen LogP contribution in [-0.2, 0) is 0 Å². The van der Waals surface area contributed by atoms with Gasteiger partial charge in [-0.3, -0.25) is 4.98 Å². The molecule has 0 radical (unpaired) electrons. The molecule has 2 N–H and O–H groups in total. The van der Waals surface area contributed by atoms with E-state index in [2.05, 4.69) is 9.97 Å². The van der Waals surface area contributed by atoms with Gasteiger partial charge < -0.3 is 19.6 Å². The fourth-order valence-corrected chi connectivity index (χ4v) is 1.38. The van der Waals surface area contributed by atoms with Gasteiger partial charge in [-0.25, -0.2) is 4.98 Å². The number of anilines is 1. The van der Waals surface area contributed by atoms with E-state index in [1.807, 2.05) is 0 Å². The number of nitrogens with zero attached hydrogens (tertiary/aromatic N) is 2. The van der Waals surface area contributed by atoms with Crippen molar-refractivity contribution in [2.24, 2.45) is 0 Å². The molecule has 0 amide bonds. The number of oxazole rings is 1. The Morgan fingerprint density at radius 3 is 2.19 bits per heavy atom. The molecule has 0 atom stereocenters. The Morgan fingerprint density at radius 2 is 1.75 bits per heavy atom. The van der Waals surface area contributed by atoms with Gasteiger partial charge in [-0.2, -0.15) is 0 Å². The van der Waals surface area contributed by atoms with Gasteiger partial charge in [0.1, 0.15) is 5.56 Å². The van der Waals surface area contributed by atoms with Crippen molar-refractivity contribution in [2.75, 3.05) is 20.0 Å². The van der Waals surface area contributed by atoms with Gasteiger partial charge in [-0.05, 0) is 0 Å². The molecule has 84 valence electrons. The van der Waals surface area contributed by atoms with Gasteiger partial charge in [0.15, 0.2) is 17.3 Å². The molecule has 0 aromatic carbocycles. The maximum atomic E-state index is 5.42. The van der Waals surface area contributed by atoms with Gasteiger partial charge in [0.2, 0.25) is 0 Å². The van der Waals surface area contributed by atoms with Crippen molar-refractivity contribution in [3.63, 3.8) is 0 Å². The van der Waals surface area contributed by atoms with Crippen molar-refractivity contribution >= 4 is 6.01 Å². The monoisotopic (exact) mass is 221 g/mol. The molecular weight excluding hydrogens is 210 g/mol. The van der Waals surface area contributed by atoms with E-state index in [0.29, 0.717) is 22.8 Å². The molecule has 0 spiro atoms. The highest BCUT2D eigenvalue weighted by Gasteiger charge is 2.16. The van der Waals surface area contributed by atoms with E-state index in [1.54, 1.807) is 26.6 Å². The number of rotatable bonds is 3. The summed E-state index contributed by atoms with van der Waals surface area (Å²) in [5, 5.41) is 0. The smallest absolute Gasteiger partial charge is 0.292 e. The Morgan fingerprint density at radius 1 is 1.12 bits per heavy atom. The molecule has 0 unspecified atom stereocenters. The highest BCUT2D eigenvalue weighted by Crippen LogP contribution is 2.37. The number of hydrogen-bond donors (Lipinski definition) is 1. The standard InChI is InChI=1S/C10H11N3O3/c1-14-6-3-12-4-7(15-2)9(6)8-5-13-10(11)16-8/h3-5H,1-2H3,(H2,11,13). The van der Waals surface area contributed by atoms with E-state index in [1.165, 1.54) is 6.20 Å². The minimum atomic E-state index is 0.0934. The summed E-state index contributed by atoms with van der Waals surface area (Å²) in [5.74, 6) is 1.56. The molecule has 0 aliphatic rings. The molecule has 6 nitrogen and oxygen atoms in total. The molecule has 2 rings (SSSR count). The Bertz CT molecular complexity index is 474. The van der Waals surface area contributed by atoms with E-state index in [9.17, 15) is 0 Å². The van der Waals surface area contributed by atoms with E-state index in [0.717, 1.165) is 0 Å². The van der Waals surface area contributed by atoms with Crippen molar-refractivity contribution in [2.45, 2.75) is 0 Å². The third kappa shape index (κ3) is 1.65. The third-order valence-electron chi connectivity index (χ3n) is 2.09. The molecule has 6 heteroatoms. The molecule has 0 saturated heterocycles. The molecule has 2 aromatic heterocycles. The Labute approximate surface area is 92.0 Å². The summed E-state index contributed by atoms with van der Waals surface area (Å²) in [6.07, 6.45) is 4.64. The second-order valence-electron chi connectivity index (χ2n) is 2.98. The first kappa shape index (κ1) is 10.3. The van der Waals surface area contributed by atoms with Gasteiger partial charge in [0.05, 0.1) is 32.8 Å². The Hall–Kier alpha value is -2.24. The fraction of sp³-hybridized carbons (Fsp3) is 0.200. The van der Waals surface area contributed by atoms with Crippen LogP contribution in [0.3, 0.4) is 0 Å². The lowest BCUT2D eigenvalue weighted by atomic mass is 10.2. The number of ether oxygens (including phenoxy) is 2. The van der Waals surface area contributed by atoms with Crippen LogP contribution in [0.5, 0.6) is 11.5 Å². The van der Waals surface area contributed by atoms with Crippen LogP contribution < -0.4 is 15.2 Å². The molecule has 2 heterocycles. The molecule has 0 bridgehead atoms. The maximum Gasteiger partial charge on any atom is 0.292 e. The molecule has 0 aliphatic heterocycles. The maximum absolute atomic E-state index is 5.42. The Balaban J connectivity index is 2.60. The first-order valence-electron chi connectivity index (χ1n) is 4.54. The lowest BCUT2D eigenvalue weighted by Gasteiger charge is -2.09. The largest absolute Gasteiger partial charge is 0.494 e. The number of pyridine rings is 1. The minimum Gasteiger partial charge on any atom is -0.494 e. The molecule has 0 aliphatic carbocycles. The highest BCUT2D eigenvalue weighted by molar-refractivity contribution is 5.72. The minimum absolute atomic E-state index is 0.0934.